The molecule has 3 aromatic rings. The lowest BCUT2D eigenvalue weighted by Crippen LogP contribution is -1.97. The number of nitrogens with zero attached hydrogens (tertiary/aromatic N) is 2. The molecule has 0 bridgehead atoms. The number of benzene rings is 1. The smallest absolute Gasteiger partial charge is 0.169 e. The van der Waals surface area contributed by atoms with Crippen LogP contribution >= 0.6 is 0 Å². The van der Waals surface area contributed by atoms with E-state index in [9.17, 15) is 0 Å². The minimum absolute atomic E-state index is 0.878. The van der Waals surface area contributed by atoms with Gasteiger partial charge < -0.3 is 9.30 Å². The first-order chi connectivity index (χ1) is 9.45. The maximum absolute atomic E-state index is 5.72. The highest BCUT2D eigenvalue weighted by Gasteiger charge is 2.18. The van der Waals surface area contributed by atoms with Crippen molar-refractivity contribution in [3.05, 3.63) is 34.6 Å². The van der Waals surface area contributed by atoms with E-state index in [0.29, 0.717) is 0 Å². The van der Waals surface area contributed by atoms with E-state index in [1.54, 1.807) is 7.11 Å². The molecule has 0 spiro atoms. The molecule has 2 aromatic heterocycles. The third kappa shape index (κ3) is 1.56. The Morgan fingerprint density at radius 2 is 1.75 bits per heavy atom. The lowest BCUT2D eigenvalue weighted by Gasteiger charge is -2.11. The molecule has 0 saturated carbocycles. The van der Waals surface area contributed by atoms with Crippen LogP contribution in [0.25, 0.3) is 21.8 Å². The van der Waals surface area contributed by atoms with Gasteiger partial charge in [-0.3, -0.25) is 0 Å². The van der Waals surface area contributed by atoms with Crippen LogP contribution < -0.4 is 4.74 Å². The van der Waals surface area contributed by atoms with Crippen molar-refractivity contribution in [1.29, 1.82) is 0 Å². The Morgan fingerprint density at radius 3 is 2.40 bits per heavy atom. The molecule has 104 valence electrons. The van der Waals surface area contributed by atoms with Gasteiger partial charge in [0, 0.05) is 29.2 Å². The van der Waals surface area contributed by atoms with Crippen LogP contribution in [0.3, 0.4) is 0 Å². The fraction of sp³-hybridized carbons (Fsp3) is 0.353. The normalized spacial score (nSPS) is 11.5. The Kier molecular flexibility index (Phi) is 2.75. The molecule has 0 radical (unpaired) electrons. The summed E-state index contributed by atoms with van der Waals surface area (Å²) < 4.78 is 7.91. The van der Waals surface area contributed by atoms with Crippen molar-refractivity contribution in [2.24, 2.45) is 7.05 Å². The molecule has 2 heterocycles. The molecule has 0 unspecified atom stereocenters. The summed E-state index contributed by atoms with van der Waals surface area (Å²) in [7, 11) is 3.81. The number of methoxy groups -OCH3 is 1. The average molecular weight is 268 g/mol. The van der Waals surface area contributed by atoms with E-state index in [2.05, 4.69) is 44.5 Å². The Bertz CT molecular complexity index is 844. The van der Waals surface area contributed by atoms with Crippen LogP contribution in [-0.2, 0) is 7.05 Å². The topological polar surface area (TPSA) is 27.1 Å². The van der Waals surface area contributed by atoms with Gasteiger partial charge in [-0.25, -0.2) is 4.98 Å². The summed E-state index contributed by atoms with van der Waals surface area (Å²) in [5.41, 5.74) is 6.93. The van der Waals surface area contributed by atoms with Crippen LogP contribution in [0.4, 0.5) is 0 Å². The van der Waals surface area contributed by atoms with Crippen LogP contribution in [0.5, 0.6) is 5.75 Å². The standard InChI is InChI=1S/C17H20N2O/c1-9-7-10(2)18-15-13(9)8-14-11(3)12(4)19(5)16(14)17(15)20-6/h7-8H,1-6H3. The van der Waals surface area contributed by atoms with Gasteiger partial charge in [0.1, 0.15) is 5.52 Å². The van der Waals surface area contributed by atoms with Crippen molar-refractivity contribution in [3.8, 4) is 5.75 Å². The molecule has 0 atom stereocenters. The molecule has 0 aliphatic carbocycles. The molecule has 0 fully saturated rings. The minimum Gasteiger partial charge on any atom is -0.492 e. The van der Waals surface area contributed by atoms with E-state index < -0.39 is 0 Å². The van der Waals surface area contributed by atoms with Crippen molar-refractivity contribution < 1.29 is 4.74 Å². The second-order valence-corrected chi connectivity index (χ2v) is 5.55. The summed E-state index contributed by atoms with van der Waals surface area (Å²) in [4.78, 5) is 4.70. The number of hydrogen-bond acceptors (Lipinski definition) is 2. The van der Waals surface area contributed by atoms with Gasteiger partial charge in [-0.15, -0.1) is 0 Å². The van der Waals surface area contributed by atoms with Gasteiger partial charge in [-0.05, 0) is 51.0 Å². The van der Waals surface area contributed by atoms with Crippen LogP contribution in [0.15, 0.2) is 12.1 Å². The Labute approximate surface area is 119 Å². The van der Waals surface area contributed by atoms with Gasteiger partial charge in [-0.2, -0.15) is 0 Å². The maximum Gasteiger partial charge on any atom is 0.169 e. The minimum atomic E-state index is 0.878. The fourth-order valence-electron chi connectivity index (χ4n) is 3.08. The molecule has 3 heteroatoms. The first-order valence-corrected chi connectivity index (χ1v) is 6.86. The monoisotopic (exact) mass is 268 g/mol. The van der Waals surface area contributed by atoms with Gasteiger partial charge in [0.05, 0.1) is 12.6 Å². The zero-order chi connectivity index (χ0) is 14.6. The molecule has 3 rings (SSSR count). The first kappa shape index (κ1) is 13.0. The van der Waals surface area contributed by atoms with Crippen LogP contribution in [0.2, 0.25) is 0 Å². The molecule has 1 aromatic carbocycles. The van der Waals surface area contributed by atoms with Gasteiger partial charge >= 0.3 is 0 Å². The first-order valence-electron chi connectivity index (χ1n) is 6.86. The highest BCUT2D eigenvalue weighted by molar-refractivity contribution is 6.05. The van der Waals surface area contributed by atoms with Crippen molar-refractivity contribution in [2.45, 2.75) is 27.7 Å². The summed E-state index contributed by atoms with van der Waals surface area (Å²) in [5, 5.41) is 2.43. The van der Waals surface area contributed by atoms with E-state index >= 15 is 0 Å². The van der Waals surface area contributed by atoms with Crippen LogP contribution in [0, 0.1) is 27.7 Å². The van der Waals surface area contributed by atoms with E-state index in [-0.39, 0.29) is 0 Å². The highest BCUT2D eigenvalue weighted by atomic mass is 16.5. The number of fused-ring (bicyclic) bond motifs is 2. The number of aryl methyl sites for hydroxylation is 4. The van der Waals surface area contributed by atoms with Gasteiger partial charge in [0.25, 0.3) is 0 Å². The molecule has 20 heavy (non-hydrogen) atoms. The van der Waals surface area contributed by atoms with Crippen molar-refractivity contribution in [1.82, 2.24) is 9.55 Å². The van der Waals surface area contributed by atoms with E-state index in [4.69, 9.17) is 9.72 Å². The number of ether oxygens (including phenoxy) is 1. The van der Waals surface area contributed by atoms with Gasteiger partial charge in [0.2, 0.25) is 0 Å². The zero-order valence-electron chi connectivity index (χ0n) is 13.0. The van der Waals surface area contributed by atoms with Crippen LogP contribution in [-0.4, -0.2) is 16.7 Å². The average Bonchev–Trinajstić information content (AvgIpc) is 2.62. The maximum atomic E-state index is 5.72. The summed E-state index contributed by atoms with van der Waals surface area (Å²) in [6, 6.07) is 4.37. The predicted molar refractivity (Wildman–Crippen MR) is 83.7 cm³/mol. The summed E-state index contributed by atoms with van der Waals surface area (Å²) in [6.45, 7) is 8.47. The molecule has 0 aliphatic heterocycles. The molecule has 3 nitrogen and oxygen atoms in total. The van der Waals surface area contributed by atoms with E-state index in [1.165, 1.54) is 27.6 Å². The predicted octanol–water partition coefficient (Wildman–Crippen LogP) is 3.97. The Morgan fingerprint density at radius 1 is 1.05 bits per heavy atom. The number of aromatic nitrogens is 2. The molecule has 0 amide bonds. The Balaban J connectivity index is 2.65. The number of rotatable bonds is 1. The molecular weight excluding hydrogens is 248 g/mol. The van der Waals surface area contributed by atoms with Gasteiger partial charge in [-0.1, -0.05) is 0 Å². The van der Waals surface area contributed by atoms with E-state index in [0.717, 1.165) is 22.5 Å². The summed E-state index contributed by atoms with van der Waals surface area (Å²) in [5.74, 6) is 0.878. The van der Waals surface area contributed by atoms with E-state index in [1.807, 2.05) is 6.92 Å². The summed E-state index contributed by atoms with van der Waals surface area (Å²) >= 11 is 0. The third-order valence-corrected chi connectivity index (χ3v) is 4.36. The quantitative estimate of drug-likeness (QED) is 0.667. The van der Waals surface area contributed by atoms with Crippen molar-refractivity contribution in [3.63, 3.8) is 0 Å². The molecule has 0 aliphatic rings. The third-order valence-electron chi connectivity index (χ3n) is 4.36. The lowest BCUT2D eigenvalue weighted by molar-refractivity contribution is 0.421. The molecule has 0 N–H and O–H groups in total. The lowest BCUT2D eigenvalue weighted by atomic mass is 10.0. The SMILES string of the molecule is COc1c2nc(C)cc(C)c2cc2c(C)c(C)n(C)c12. The molecular formula is C17H20N2O. The zero-order valence-corrected chi connectivity index (χ0v) is 13.0. The van der Waals surface area contributed by atoms with Crippen molar-refractivity contribution >= 4 is 21.8 Å². The highest BCUT2D eigenvalue weighted by Crippen LogP contribution is 2.38. The van der Waals surface area contributed by atoms with Crippen LogP contribution in [0.1, 0.15) is 22.5 Å². The second-order valence-electron chi connectivity index (χ2n) is 5.55. The fourth-order valence-corrected chi connectivity index (χ4v) is 3.08. The molecule has 0 saturated heterocycles. The second kappa shape index (κ2) is 4.23. The van der Waals surface area contributed by atoms with Crippen molar-refractivity contribution in [2.75, 3.05) is 7.11 Å². The Hall–Kier alpha value is -2.03. The van der Waals surface area contributed by atoms with Gasteiger partial charge in [0.15, 0.2) is 5.75 Å². The largest absolute Gasteiger partial charge is 0.492 e. The number of hydrogen-bond donors (Lipinski definition) is 0. The number of pyridine rings is 1. The summed E-state index contributed by atoms with van der Waals surface area (Å²) in [6.07, 6.45) is 0.